The Morgan fingerprint density at radius 3 is 2.66 bits per heavy atom. The molecule has 0 aliphatic heterocycles. The average Bonchev–Trinajstić information content (AvgIpc) is 3.53. The molecule has 180 valence electrons. The third-order valence-corrected chi connectivity index (χ3v) is 7.57. The van der Waals surface area contributed by atoms with Gasteiger partial charge < -0.3 is 10.3 Å². The van der Waals surface area contributed by atoms with Gasteiger partial charge in [0.05, 0.1) is 6.42 Å². The van der Waals surface area contributed by atoms with Crippen LogP contribution in [0.25, 0.3) is 10.9 Å². The zero-order valence-electron chi connectivity index (χ0n) is 19.4. The second-order valence-electron chi connectivity index (χ2n) is 9.04. The smallest absolute Gasteiger partial charge is 0.248 e. The van der Waals surface area contributed by atoms with Gasteiger partial charge in [0.25, 0.3) is 0 Å². The van der Waals surface area contributed by atoms with Gasteiger partial charge in [-0.1, -0.05) is 49.6 Å². The molecule has 1 unspecified atom stereocenters. The van der Waals surface area contributed by atoms with E-state index in [9.17, 15) is 14.0 Å². The number of halogens is 1. The van der Waals surface area contributed by atoms with Crippen LogP contribution in [0.5, 0.6) is 0 Å². The number of nitrogens with zero attached hydrogens (tertiary/aromatic N) is 1. The average molecular weight is 490 g/mol. The Bertz CT molecular complexity index is 1310. The number of carbonyl (C=O) groups excluding carboxylic acids is 2. The van der Waals surface area contributed by atoms with E-state index in [1.165, 1.54) is 34.8 Å². The zero-order chi connectivity index (χ0) is 24.2. The molecular formula is C28H28FN3O2S. The number of para-hydroxylation sites is 1. The molecule has 0 radical (unpaired) electrons. The fraction of sp³-hybridized carbons (Fsp3) is 0.286. The molecule has 7 heteroatoms. The number of nitrogens with one attached hydrogen (secondary N) is 2. The molecule has 1 aliphatic carbocycles. The topological polar surface area (TPSA) is 65.2 Å². The van der Waals surface area contributed by atoms with E-state index in [1.54, 1.807) is 12.1 Å². The van der Waals surface area contributed by atoms with Gasteiger partial charge in [-0.2, -0.15) is 0 Å². The van der Waals surface area contributed by atoms with E-state index in [2.05, 4.69) is 10.3 Å². The molecule has 5 rings (SSSR count). The lowest BCUT2D eigenvalue weighted by atomic mass is 9.95. The van der Waals surface area contributed by atoms with Crippen molar-refractivity contribution in [1.29, 1.82) is 0 Å². The van der Waals surface area contributed by atoms with Crippen molar-refractivity contribution in [3.63, 3.8) is 0 Å². The van der Waals surface area contributed by atoms with Crippen LogP contribution in [0, 0.1) is 5.82 Å². The summed E-state index contributed by atoms with van der Waals surface area (Å²) in [6, 6.07) is 16.7. The van der Waals surface area contributed by atoms with Gasteiger partial charge in [0, 0.05) is 33.7 Å². The third-order valence-electron chi connectivity index (χ3n) is 6.64. The molecule has 0 saturated heterocycles. The summed E-state index contributed by atoms with van der Waals surface area (Å²) in [4.78, 5) is 33.1. The van der Waals surface area contributed by atoms with Gasteiger partial charge in [-0.05, 0) is 54.1 Å². The van der Waals surface area contributed by atoms with Crippen LogP contribution in [0.3, 0.4) is 0 Å². The Morgan fingerprint density at radius 2 is 1.89 bits per heavy atom. The van der Waals surface area contributed by atoms with Crippen LogP contribution >= 0.6 is 11.3 Å². The number of amides is 2. The molecular weight excluding hydrogens is 461 g/mol. The fourth-order valence-corrected chi connectivity index (χ4v) is 5.75. The van der Waals surface area contributed by atoms with Gasteiger partial charge in [-0.15, -0.1) is 11.3 Å². The summed E-state index contributed by atoms with van der Waals surface area (Å²) in [5.74, 6) is -0.946. The Morgan fingerprint density at radius 1 is 1.06 bits per heavy atom. The number of hydrogen-bond donors (Lipinski definition) is 2. The minimum atomic E-state index is -0.878. The van der Waals surface area contributed by atoms with Crippen LogP contribution in [0.2, 0.25) is 0 Å². The Kier molecular flexibility index (Phi) is 6.95. The van der Waals surface area contributed by atoms with Crippen LogP contribution in [0.15, 0.2) is 72.2 Å². The van der Waals surface area contributed by atoms with Crippen molar-refractivity contribution < 1.29 is 14.0 Å². The summed E-state index contributed by atoms with van der Waals surface area (Å²) < 4.78 is 14.3. The van der Waals surface area contributed by atoms with Gasteiger partial charge in [0.15, 0.2) is 0 Å². The lowest BCUT2D eigenvalue weighted by molar-refractivity contribution is -0.127. The maximum atomic E-state index is 14.3. The predicted octanol–water partition coefficient (Wildman–Crippen LogP) is 6.13. The molecule has 0 bridgehead atoms. The van der Waals surface area contributed by atoms with Crippen molar-refractivity contribution in [2.75, 3.05) is 4.90 Å². The van der Waals surface area contributed by atoms with Crippen molar-refractivity contribution in [3.05, 3.63) is 88.5 Å². The second kappa shape index (κ2) is 10.4. The molecule has 1 saturated carbocycles. The van der Waals surface area contributed by atoms with E-state index in [0.717, 1.165) is 47.0 Å². The number of benzene rings is 2. The maximum absolute atomic E-state index is 14.3. The molecule has 5 nitrogen and oxygen atoms in total. The number of H-pyrrole nitrogens is 1. The van der Waals surface area contributed by atoms with Crippen LogP contribution in [0.4, 0.5) is 10.1 Å². The van der Waals surface area contributed by atoms with Crippen molar-refractivity contribution in [1.82, 2.24) is 10.3 Å². The van der Waals surface area contributed by atoms with E-state index in [1.807, 2.05) is 48.0 Å². The fourth-order valence-electron chi connectivity index (χ4n) is 4.94. The number of anilines is 1. The number of rotatable bonds is 7. The van der Waals surface area contributed by atoms with Gasteiger partial charge in [-0.3, -0.25) is 14.5 Å². The quantitative estimate of drug-likeness (QED) is 0.328. The number of thiophene rings is 1. The molecule has 2 aromatic carbocycles. The monoisotopic (exact) mass is 489 g/mol. The summed E-state index contributed by atoms with van der Waals surface area (Å²) in [5, 5.41) is 6.04. The van der Waals surface area contributed by atoms with E-state index >= 15 is 0 Å². The molecule has 4 aromatic rings. The summed E-state index contributed by atoms with van der Waals surface area (Å²) in [6.45, 7) is 0. The van der Waals surface area contributed by atoms with Crippen molar-refractivity contribution >= 4 is 39.7 Å². The minimum Gasteiger partial charge on any atom is -0.361 e. The highest BCUT2D eigenvalue weighted by molar-refractivity contribution is 7.10. The summed E-state index contributed by atoms with van der Waals surface area (Å²) >= 11 is 1.42. The number of aromatic nitrogens is 1. The zero-order valence-corrected chi connectivity index (χ0v) is 20.2. The first kappa shape index (κ1) is 23.3. The Labute approximate surface area is 208 Å². The predicted molar refractivity (Wildman–Crippen MR) is 138 cm³/mol. The molecule has 2 heterocycles. The highest BCUT2D eigenvalue weighted by Crippen LogP contribution is 2.33. The number of hydrogen-bond acceptors (Lipinski definition) is 3. The van der Waals surface area contributed by atoms with Crippen LogP contribution in [-0.2, 0) is 16.0 Å². The Balaban J connectivity index is 1.52. The number of fused-ring (bicyclic) bond motifs is 1. The SMILES string of the molecule is O=C(NC1CCCCC1)C(c1cccs1)N(C(=O)Cc1c[nH]c2ccccc12)c1cccc(F)c1. The first-order chi connectivity index (χ1) is 17.1. The first-order valence-electron chi connectivity index (χ1n) is 12.1. The number of carbonyl (C=O) groups is 2. The molecule has 0 spiro atoms. The lowest BCUT2D eigenvalue weighted by Crippen LogP contribution is -2.47. The molecule has 1 atom stereocenters. The van der Waals surface area contributed by atoms with E-state index in [4.69, 9.17) is 0 Å². The van der Waals surface area contributed by atoms with Gasteiger partial charge >= 0.3 is 0 Å². The van der Waals surface area contributed by atoms with Crippen molar-refractivity contribution in [2.45, 2.75) is 50.6 Å². The molecule has 2 N–H and O–H groups in total. The summed E-state index contributed by atoms with van der Waals surface area (Å²) in [5.41, 5.74) is 2.15. The minimum absolute atomic E-state index is 0.0825. The van der Waals surface area contributed by atoms with Crippen LogP contribution in [0.1, 0.15) is 48.6 Å². The standard InChI is InChI=1S/C28H28FN3O2S/c29-20-8-6-11-22(17-20)32(26(33)16-19-18-30-24-13-5-4-12-23(19)24)27(25-14-7-15-35-25)28(34)31-21-9-2-1-3-10-21/h4-8,11-15,17-18,21,27,30H,1-3,9-10,16H2,(H,31,34). The molecule has 1 fully saturated rings. The highest BCUT2D eigenvalue weighted by Gasteiger charge is 2.35. The van der Waals surface area contributed by atoms with Gasteiger partial charge in [0.1, 0.15) is 11.9 Å². The molecule has 1 aliphatic rings. The van der Waals surface area contributed by atoms with Crippen molar-refractivity contribution in [3.8, 4) is 0 Å². The van der Waals surface area contributed by atoms with Crippen molar-refractivity contribution in [2.24, 2.45) is 0 Å². The third kappa shape index (κ3) is 5.15. The normalized spacial score (nSPS) is 15.1. The lowest BCUT2D eigenvalue weighted by Gasteiger charge is -2.33. The van der Waals surface area contributed by atoms with E-state index in [0.29, 0.717) is 5.69 Å². The largest absolute Gasteiger partial charge is 0.361 e. The second-order valence-corrected chi connectivity index (χ2v) is 10.0. The molecule has 35 heavy (non-hydrogen) atoms. The maximum Gasteiger partial charge on any atom is 0.248 e. The first-order valence-corrected chi connectivity index (χ1v) is 12.9. The Hall–Kier alpha value is -3.45. The summed E-state index contributed by atoms with van der Waals surface area (Å²) in [7, 11) is 0. The van der Waals surface area contributed by atoms with E-state index in [-0.39, 0.29) is 24.3 Å². The van der Waals surface area contributed by atoms with E-state index < -0.39 is 11.9 Å². The molecule has 2 amide bonds. The number of aromatic amines is 1. The van der Waals surface area contributed by atoms with Crippen LogP contribution in [-0.4, -0.2) is 22.8 Å². The highest BCUT2D eigenvalue weighted by atomic mass is 32.1. The molecule has 2 aromatic heterocycles. The van der Waals surface area contributed by atoms with Gasteiger partial charge in [0.2, 0.25) is 11.8 Å². The van der Waals surface area contributed by atoms with Gasteiger partial charge in [-0.25, -0.2) is 4.39 Å². The summed E-state index contributed by atoms with van der Waals surface area (Å²) in [6.07, 6.45) is 7.13. The van der Waals surface area contributed by atoms with Crippen LogP contribution < -0.4 is 10.2 Å².